The van der Waals surface area contributed by atoms with Crippen LogP contribution in [0.3, 0.4) is 0 Å². The van der Waals surface area contributed by atoms with Crippen LogP contribution in [0.25, 0.3) is 22.1 Å². The zero-order chi connectivity index (χ0) is 24.8. The summed E-state index contributed by atoms with van der Waals surface area (Å²) in [5, 5.41) is 10.7. The van der Waals surface area contributed by atoms with Crippen LogP contribution in [-0.2, 0) is 21.4 Å². The fourth-order valence-corrected chi connectivity index (χ4v) is 4.93. The van der Waals surface area contributed by atoms with Crippen LogP contribution >= 0.6 is 0 Å². The van der Waals surface area contributed by atoms with E-state index >= 15 is 0 Å². The molecular formula is C22H25N5O6S. The largest absolute Gasteiger partial charge is 0.444 e. The lowest BCUT2D eigenvalue weighted by atomic mass is 10.2. The van der Waals surface area contributed by atoms with Crippen LogP contribution in [0.4, 0.5) is 4.79 Å². The van der Waals surface area contributed by atoms with Gasteiger partial charge in [-0.1, -0.05) is 18.2 Å². The van der Waals surface area contributed by atoms with Crippen LogP contribution in [0.15, 0.2) is 58.5 Å². The Morgan fingerprint density at radius 1 is 1.18 bits per heavy atom. The molecule has 0 radical (unpaired) electrons. The molecular weight excluding hydrogens is 462 g/mol. The molecule has 3 heterocycles. The minimum absolute atomic E-state index is 0.0765. The Bertz CT molecular complexity index is 1540. The summed E-state index contributed by atoms with van der Waals surface area (Å²) >= 11 is 0. The highest BCUT2D eigenvalue weighted by Gasteiger charge is 2.26. The first-order valence-corrected chi connectivity index (χ1v) is 12.0. The Morgan fingerprint density at radius 3 is 2.47 bits per heavy atom. The van der Waals surface area contributed by atoms with Crippen molar-refractivity contribution in [1.82, 2.24) is 23.2 Å². The van der Waals surface area contributed by atoms with Crippen LogP contribution in [0.5, 0.6) is 0 Å². The average Bonchev–Trinajstić information content (AvgIpc) is 3.32. The molecule has 0 aliphatic carbocycles. The summed E-state index contributed by atoms with van der Waals surface area (Å²) in [6, 6.07) is 9.39. The fraction of sp³-hybridized carbons (Fsp3) is 0.318. The molecule has 4 aromatic rings. The molecule has 1 amide bonds. The second kappa shape index (κ2) is 8.20. The van der Waals surface area contributed by atoms with Crippen molar-refractivity contribution in [1.29, 1.82) is 0 Å². The second-order valence-electron chi connectivity index (χ2n) is 8.66. The van der Waals surface area contributed by atoms with Crippen LogP contribution < -0.4 is 5.69 Å². The Balaban J connectivity index is 1.88. The van der Waals surface area contributed by atoms with E-state index in [1.807, 2.05) is 0 Å². The molecule has 0 spiro atoms. The van der Waals surface area contributed by atoms with Crippen molar-refractivity contribution in [3.8, 4) is 0 Å². The maximum Gasteiger partial charge on any atom is 0.411 e. The highest BCUT2D eigenvalue weighted by atomic mass is 32.2. The van der Waals surface area contributed by atoms with Crippen LogP contribution in [0.2, 0.25) is 0 Å². The minimum Gasteiger partial charge on any atom is -0.444 e. The third-order valence-electron chi connectivity index (χ3n) is 5.19. The molecule has 0 fully saturated rings. The summed E-state index contributed by atoms with van der Waals surface area (Å²) in [6.45, 7) is 6.94. The summed E-state index contributed by atoms with van der Waals surface area (Å²) in [5.41, 5.74) is -1.14. The number of imidazole rings is 1. The maximum atomic E-state index is 13.2. The van der Waals surface area contributed by atoms with Crippen molar-refractivity contribution in [3.05, 3.63) is 59.3 Å². The lowest BCUT2D eigenvalue weighted by molar-refractivity contribution is 0.0198. The number of hydrogen-bond donors (Lipinski definition) is 1. The number of aromatic nitrogens is 4. The lowest BCUT2D eigenvalue weighted by Crippen LogP contribution is -2.40. The number of rotatable bonds is 5. The van der Waals surface area contributed by atoms with E-state index < -0.39 is 27.4 Å². The molecule has 0 saturated heterocycles. The predicted molar refractivity (Wildman–Crippen MR) is 124 cm³/mol. The van der Waals surface area contributed by atoms with Gasteiger partial charge in [-0.2, -0.15) is 0 Å². The van der Waals surface area contributed by atoms with E-state index in [-0.39, 0.29) is 34.8 Å². The van der Waals surface area contributed by atoms with E-state index in [1.54, 1.807) is 45.9 Å². The molecule has 34 heavy (non-hydrogen) atoms. The number of hydrogen-bond acceptors (Lipinski definition) is 7. The van der Waals surface area contributed by atoms with Gasteiger partial charge in [-0.05, 0) is 45.9 Å². The van der Waals surface area contributed by atoms with Gasteiger partial charge in [0.2, 0.25) is 0 Å². The van der Waals surface area contributed by atoms with Gasteiger partial charge in [0.25, 0.3) is 10.0 Å². The van der Waals surface area contributed by atoms with Crippen molar-refractivity contribution < 1.29 is 23.2 Å². The predicted octanol–water partition coefficient (Wildman–Crippen LogP) is 2.84. The topological polar surface area (TPSA) is 129 Å². The summed E-state index contributed by atoms with van der Waals surface area (Å²) in [5.74, 6) is 0. The van der Waals surface area contributed by atoms with Crippen LogP contribution in [-0.4, -0.2) is 55.0 Å². The van der Waals surface area contributed by atoms with Crippen molar-refractivity contribution in [2.24, 2.45) is 0 Å². The third-order valence-corrected chi connectivity index (χ3v) is 6.87. The maximum absolute atomic E-state index is 13.2. The molecule has 11 nitrogen and oxygen atoms in total. The summed E-state index contributed by atoms with van der Waals surface area (Å²) in [7, 11) is -3.96. The smallest absolute Gasteiger partial charge is 0.411 e. The molecule has 180 valence electrons. The van der Waals surface area contributed by atoms with Crippen LogP contribution in [0, 0.1) is 0 Å². The first-order chi connectivity index (χ1) is 16.0. The van der Waals surface area contributed by atoms with E-state index in [0.717, 1.165) is 3.97 Å². The average molecular weight is 488 g/mol. The number of carbonyl (C=O) groups is 1. The monoisotopic (exact) mass is 487 g/mol. The van der Waals surface area contributed by atoms with Gasteiger partial charge in [0.15, 0.2) is 5.65 Å². The van der Waals surface area contributed by atoms with E-state index in [0.29, 0.717) is 10.1 Å². The molecule has 1 aromatic carbocycles. The van der Waals surface area contributed by atoms with Gasteiger partial charge in [0.05, 0.1) is 16.6 Å². The van der Waals surface area contributed by atoms with E-state index in [1.165, 1.54) is 40.1 Å². The van der Waals surface area contributed by atoms with Gasteiger partial charge in [0, 0.05) is 18.1 Å². The first-order valence-electron chi connectivity index (χ1n) is 10.5. The molecule has 12 heteroatoms. The van der Waals surface area contributed by atoms with Gasteiger partial charge in [-0.3, -0.25) is 9.47 Å². The highest BCUT2D eigenvalue weighted by molar-refractivity contribution is 7.90. The SMILES string of the molecule is CCN(Cn1c(=O)n(O)c2cnc3c(ccn3S(=O)(=O)c3ccccc3)c21)C(=O)OC(C)(C)C. The molecule has 0 aliphatic rings. The van der Waals surface area contributed by atoms with E-state index in [9.17, 15) is 23.2 Å². The number of pyridine rings is 1. The number of fused-ring (bicyclic) bond motifs is 3. The number of benzene rings is 1. The number of amides is 1. The summed E-state index contributed by atoms with van der Waals surface area (Å²) in [6.07, 6.45) is 1.93. The van der Waals surface area contributed by atoms with Gasteiger partial charge < -0.3 is 9.94 Å². The Morgan fingerprint density at radius 2 is 1.85 bits per heavy atom. The third kappa shape index (κ3) is 3.89. The molecule has 3 aromatic heterocycles. The minimum atomic E-state index is -3.96. The van der Waals surface area contributed by atoms with Gasteiger partial charge in [-0.15, -0.1) is 4.73 Å². The standard InChI is InChI=1S/C22H25N5O6S/c1-5-24(21(29)33-22(2,3)4)14-25-18-16-11-12-26(34(31,32)15-9-7-6-8-10-15)19(16)23-13-17(18)27(30)20(25)28/h6-13,30H,5,14H2,1-4H3. The van der Waals surface area contributed by atoms with Crippen molar-refractivity contribution in [3.63, 3.8) is 0 Å². The Hall–Kier alpha value is -3.80. The van der Waals surface area contributed by atoms with Gasteiger partial charge in [0.1, 0.15) is 17.8 Å². The molecule has 0 unspecified atom stereocenters. The molecule has 0 saturated carbocycles. The van der Waals surface area contributed by atoms with Gasteiger partial charge in [-0.25, -0.2) is 27.0 Å². The zero-order valence-corrected chi connectivity index (χ0v) is 20.0. The molecule has 1 N–H and O–H groups in total. The van der Waals surface area contributed by atoms with Crippen molar-refractivity contribution >= 4 is 38.2 Å². The number of carbonyl (C=O) groups excluding carboxylic acids is 1. The van der Waals surface area contributed by atoms with E-state index in [2.05, 4.69) is 4.98 Å². The first kappa shape index (κ1) is 23.4. The molecule has 4 rings (SSSR count). The summed E-state index contributed by atoms with van der Waals surface area (Å²) in [4.78, 5) is 31.1. The Kier molecular flexibility index (Phi) is 5.64. The van der Waals surface area contributed by atoms with Crippen molar-refractivity contribution in [2.45, 2.75) is 44.9 Å². The molecule has 0 aliphatic heterocycles. The van der Waals surface area contributed by atoms with Gasteiger partial charge >= 0.3 is 11.8 Å². The van der Waals surface area contributed by atoms with Crippen molar-refractivity contribution in [2.75, 3.05) is 6.54 Å². The zero-order valence-electron chi connectivity index (χ0n) is 19.2. The Labute approximate surface area is 195 Å². The molecule has 0 bridgehead atoms. The number of ether oxygens (including phenoxy) is 1. The molecule has 0 atom stereocenters. The van der Waals surface area contributed by atoms with Crippen LogP contribution in [0.1, 0.15) is 27.7 Å². The summed E-state index contributed by atoms with van der Waals surface area (Å²) < 4.78 is 34.4. The lowest BCUT2D eigenvalue weighted by Gasteiger charge is -2.26. The van der Waals surface area contributed by atoms with E-state index in [4.69, 9.17) is 4.74 Å². The highest BCUT2D eigenvalue weighted by Crippen LogP contribution is 2.27. The quantitative estimate of drug-likeness (QED) is 0.429. The fourth-order valence-electron chi connectivity index (χ4n) is 3.61. The normalized spacial score (nSPS) is 12.4. The number of nitrogens with zero attached hydrogens (tertiary/aromatic N) is 5. The second-order valence-corrected chi connectivity index (χ2v) is 10.5.